The third-order valence-electron chi connectivity index (χ3n) is 2.03. The summed E-state index contributed by atoms with van der Waals surface area (Å²) in [4.78, 5) is 11.3. The van der Waals surface area contributed by atoms with Crippen LogP contribution in [-0.4, -0.2) is 19.6 Å². The van der Waals surface area contributed by atoms with Gasteiger partial charge in [0.25, 0.3) is 5.91 Å². The normalized spacial score (nSPS) is 10.9. The molecule has 0 heterocycles. The Morgan fingerprint density at radius 1 is 1.50 bits per heavy atom. The Morgan fingerprint density at radius 2 is 2.17 bits per heavy atom. The number of hydrogen-bond acceptors (Lipinski definition) is 3. The lowest BCUT2D eigenvalue weighted by Gasteiger charge is -2.07. The van der Waals surface area contributed by atoms with Gasteiger partial charge in [-0.2, -0.15) is 14.0 Å². The average Bonchev–Trinajstić information content (AvgIpc) is 2.36. The Balaban J connectivity index is 3.13. The summed E-state index contributed by atoms with van der Waals surface area (Å²) >= 11 is 0. The monoisotopic (exact) mass is 252 g/mol. The lowest BCUT2D eigenvalue weighted by atomic mass is 10.1. The zero-order valence-corrected chi connectivity index (χ0v) is 9.48. The maximum atomic E-state index is 12.2. The predicted molar refractivity (Wildman–Crippen MR) is 60.7 cm³/mol. The quantitative estimate of drug-likeness (QED) is 0.658. The van der Waals surface area contributed by atoms with Gasteiger partial charge in [-0.05, 0) is 12.1 Å². The van der Waals surface area contributed by atoms with Crippen LogP contribution in [0.1, 0.15) is 5.56 Å². The molecule has 0 aromatic heterocycles. The summed E-state index contributed by atoms with van der Waals surface area (Å²) in [6.07, 6.45) is 1.19. The molecule has 1 amide bonds. The zero-order chi connectivity index (χ0) is 13.5. The van der Waals surface area contributed by atoms with Crippen LogP contribution in [0, 0.1) is 11.3 Å². The molecule has 1 aromatic carbocycles. The van der Waals surface area contributed by atoms with E-state index in [1.54, 1.807) is 12.1 Å². The van der Waals surface area contributed by atoms with Gasteiger partial charge in [0, 0.05) is 12.6 Å². The third kappa shape index (κ3) is 3.56. The van der Waals surface area contributed by atoms with Crippen LogP contribution in [0.4, 0.5) is 8.78 Å². The summed E-state index contributed by atoms with van der Waals surface area (Å²) in [6, 6.07) is 7.59. The van der Waals surface area contributed by atoms with Gasteiger partial charge in [-0.3, -0.25) is 4.79 Å². The minimum Gasteiger partial charge on any atom is -0.434 e. The fourth-order valence-electron chi connectivity index (χ4n) is 1.24. The van der Waals surface area contributed by atoms with Gasteiger partial charge in [-0.25, -0.2) is 0 Å². The summed E-state index contributed by atoms with van der Waals surface area (Å²) in [5.41, 5.74) is 0.0424. The van der Waals surface area contributed by atoms with E-state index in [4.69, 9.17) is 5.26 Å². The second kappa shape index (κ2) is 6.35. The first-order valence-electron chi connectivity index (χ1n) is 4.96. The van der Waals surface area contributed by atoms with Gasteiger partial charge in [0.1, 0.15) is 17.4 Å². The van der Waals surface area contributed by atoms with Crippen LogP contribution in [0.3, 0.4) is 0 Å². The van der Waals surface area contributed by atoms with Gasteiger partial charge < -0.3 is 10.1 Å². The van der Waals surface area contributed by atoms with Crippen LogP contribution in [0.15, 0.2) is 29.8 Å². The molecule has 0 saturated heterocycles. The van der Waals surface area contributed by atoms with Crippen LogP contribution < -0.4 is 10.1 Å². The maximum Gasteiger partial charge on any atom is 0.387 e. The summed E-state index contributed by atoms with van der Waals surface area (Å²) in [5.74, 6) is -0.687. The number of halogens is 2. The molecule has 0 radical (unpaired) electrons. The van der Waals surface area contributed by atoms with Crippen molar-refractivity contribution in [1.82, 2.24) is 5.32 Å². The molecule has 0 unspecified atom stereocenters. The number of carbonyl (C=O) groups is 1. The summed E-state index contributed by atoms with van der Waals surface area (Å²) < 4.78 is 28.6. The van der Waals surface area contributed by atoms with Crippen molar-refractivity contribution in [3.63, 3.8) is 0 Å². The van der Waals surface area contributed by atoms with Gasteiger partial charge in [0.2, 0.25) is 0 Å². The van der Waals surface area contributed by atoms with E-state index in [-0.39, 0.29) is 16.9 Å². The molecule has 0 spiro atoms. The van der Waals surface area contributed by atoms with Gasteiger partial charge in [-0.1, -0.05) is 18.2 Å². The molecule has 0 aliphatic heterocycles. The summed E-state index contributed by atoms with van der Waals surface area (Å²) in [7, 11) is 1.37. The van der Waals surface area contributed by atoms with E-state index >= 15 is 0 Å². The van der Waals surface area contributed by atoms with E-state index < -0.39 is 12.5 Å². The van der Waals surface area contributed by atoms with Crippen LogP contribution in [0.2, 0.25) is 0 Å². The van der Waals surface area contributed by atoms with E-state index in [9.17, 15) is 13.6 Å². The minimum absolute atomic E-state index is 0.0934. The number of carbonyl (C=O) groups excluding carboxylic acids is 1. The number of para-hydroxylation sites is 1. The number of ether oxygens (including phenoxy) is 1. The van der Waals surface area contributed by atoms with Gasteiger partial charge in [-0.15, -0.1) is 0 Å². The minimum atomic E-state index is -2.97. The molecule has 94 valence electrons. The highest BCUT2D eigenvalue weighted by Gasteiger charge is 2.11. The van der Waals surface area contributed by atoms with Crippen molar-refractivity contribution in [3.05, 3.63) is 35.4 Å². The van der Waals surface area contributed by atoms with Crippen molar-refractivity contribution in [2.45, 2.75) is 6.61 Å². The number of nitrogens with one attached hydrogen (secondary N) is 1. The fraction of sp³-hybridized carbons (Fsp3) is 0.167. The standard InChI is InChI=1S/C12H10F2N2O2/c1-16-11(17)9(7-15)6-8-4-2-3-5-10(8)18-12(13)14/h2-6,12H,1H3,(H,16,17)/b9-6+. The Labute approximate surface area is 102 Å². The highest BCUT2D eigenvalue weighted by atomic mass is 19.3. The lowest BCUT2D eigenvalue weighted by molar-refractivity contribution is -0.116. The maximum absolute atomic E-state index is 12.2. The van der Waals surface area contributed by atoms with E-state index in [2.05, 4.69) is 10.1 Å². The number of likely N-dealkylation sites (N-methyl/N-ethyl adjacent to an activating group) is 1. The van der Waals surface area contributed by atoms with Crippen molar-refractivity contribution in [2.24, 2.45) is 0 Å². The highest BCUT2D eigenvalue weighted by molar-refractivity contribution is 6.01. The molecule has 4 nitrogen and oxygen atoms in total. The molecule has 1 aromatic rings. The van der Waals surface area contributed by atoms with Crippen molar-refractivity contribution < 1.29 is 18.3 Å². The molecule has 0 atom stereocenters. The number of alkyl halides is 2. The van der Waals surface area contributed by atoms with E-state index in [1.165, 1.54) is 31.3 Å². The molecule has 6 heteroatoms. The van der Waals surface area contributed by atoms with Crippen molar-refractivity contribution in [3.8, 4) is 11.8 Å². The number of rotatable bonds is 4. The van der Waals surface area contributed by atoms with E-state index in [1.807, 2.05) is 0 Å². The highest BCUT2D eigenvalue weighted by Crippen LogP contribution is 2.22. The first kappa shape index (κ1) is 13.6. The van der Waals surface area contributed by atoms with Gasteiger partial charge >= 0.3 is 6.61 Å². The Hall–Kier alpha value is -2.42. The van der Waals surface area contributed by atoms with Crippen molar-refractivity contribution >= 4 is 12.0 Å². The van der Waals surface area contributed by atoms with Crippen LogP contribution in [-0.2, 0) is 4.79 Å². The Kier molecular flexibility index (Phi) is 4.81. The molecular weight excluding hydrogens is 242 g/mol. The molecular formula is C12H10F2N2O2. The van der Waals surface area contributed by atoms with Crippen LogP contribution in [0.5, 0.6) is 5.75 Å². The number of amides is 1. The molecule has 18 heavy (non-hydrogen) atoms. The molecule has 0 aliphatic rings. The van der Waals surface area contributed by atoms with Crippen LogP contribution >= 0.6 is 0 Å². The predicted octanol–water partition coefficient (Wildman–Crippen LogP) is 1.94. The van der Waals surface area contributed by atoms with Gasteiger partial charge in [0.05, 0.1) is 0 Å². The first-order valence-corrected chi connectivity index (χ1v) is 4.96. The largest absolute Gasteiger partial charge is 0.434 e. The van der Waals surface area contributed by atoms with E-state index in [0.29, 0.717) is 0 Å². The molecule has 0 bridgehead atoms. The molecule has 0 aliphatic carbocycles. The Morgan fingerprint density at radius 3 is 2.72 bits per heavy atom. The molecule has 1 N–H and O–H groups in total. The Bertz CT molecular complexity index is 507. The SMILES string of the molecule is CNC(=O)/C(C#N)=C/c1ccccc1OC(F)F. The molecule has 0 saturated carbocycles. The molecule has 0 fully saturated rings. The smallest absolute Gasteiger partial charge is 0.387 e. The first-order chi connectivity index (χ1) is 8.58. The second-order valence-electron chi connectivity index (χ2n) is 3.17. The van der Waals surface area contributed by atoms with E-state index in [0.717, 1.165) is 0 Å². The fourth-order valence-corrected chi connectivity index (χ4v) is 1.24. The second-order valence-corrected chi connectivity index (χ2v) is 3.17. The lowest BCUT2D eigenvalue weighted by Crippen LogP contribution is -2.19. The topological polar surface area (TPSA) is 62.1 Å². The van der Waals surface area contributed by atoms with Crippen molar-refractivity contribution in [1.29, 1.82) is 5.26 Å². The van der Waals surface area contributed by atoms with Gasteiger partial charge in [0.15, 0.2) is 0 Å². The molecule has 1 rings (SSSR count). The number of hydrogen-bond donors (Lipinski definition) is 1. The summed E-state index contributed by atoms with van der Waals surface area (Å²) in [5, 5.41) is 11.1. The zero-order valence-electron chi connectivity index (χ0n) is 9.48. The number of nitriles is 1. The van der Waals surface area contributed by atoms with Crippen molar-refractivity contribution in [2.75, 3.05) is 7.05 Å². The third-order valence-corrected chi connectivity index (χ3v) is 2.03. The number of nitrogens with zero attached hydrogens (tertiary/aromatic N) is 1. The average molecular weight is 252 g/mol. The number of benzene rings is 1. The van der Waals surface area contributed by atoms with Crippen LogP contribution in [0.25, 0.3) is 6.08 Å². The summed E-state index contributed by atoms with van der Waals surface area (Å²) in [6.45, 7) is -2.97.